The molecule has 1 aromatic carbocycles. The zero-order valence-electron chi connectivity index (χ0n) is 12.7. The van der Waals surface area contributed by atoms with E-state index in [4.69, 9.17) is 5.11 Å². The molecule has 0 spiro atoms. The highest BCUT2D eigenvalue weighted by molar-refractivity contribution is 5.67. The number of aromatic hydroxyl groups is 1. The third kappa shape index (κ3) is 2.42. The summed E-state index contributed by atoms with van der Waals surface area (Å²) in [6.45, 7) is 5.23. The van der Waals surface area contributed by atoms with Gasteiger partial charge >= 0.3 is 5.97 Å². The molecule has 1 fully saturated rings. The van der Waals surface area contributed by atoms with Gasteiger partial charge < -0.3 is 10.2 Å². The number of benzene rings is 1. The van der Waals surface area contributed by atoms with Crippen LogP contribution < -0.4 is 0 Å². The summed E-state index contributed by atoms with van der Waals surface area (Å²) >= 11 is 0. The number of phenolic OH excluding ortho intramolecular Hbond substituents is 1. The first-order valence-electron chi connectivity index (χ1n) is 7.79. The standard InChI is InChI=1S/C17H23NO3/c1-10-5-6-14(19)17-13(8-11(2)16(10)17)18-7-3-4-12(18)9-15(20)21/h5-6,11-13,19H,3-4,7-9H2,1-2H3,(H,20,21). The number of rotatable bonds is 3. The second-order valence-electron chi connectivity index (χ2n) is 6.51. The van der Waals surface area contributed by atoms with Gasteiger partial charge in [0.2, 0.25) is 0 Å². The molecule has 3 atom stereocenters. The summed E-state index contributed by atoms with van der Waals surface area (Å²) in [4.78, 5) is 13.4. The van der Waals surface area contributed by atoms with Crippen molar-refractivity contribution in [2.75, 3.05) is 6.54 Å². The number of fused-ring (bicyclic) bond motifs is 1. The Morgan fingerprint density at radius 3 is 2.86 bits per heavy atom. The lowest BCUT2D eigenvalue weighted by atomic mass is 9.97. The van der Waals surface area contributed by atoms with E-state index in [0.717, 1.165) is 31.4 Å². The number of aryl methyl sites for hydroxylation is 1. The molecule has 4 heteroatoms. The SMILES string of the molecule is Cc1ccc(O)c2c1C(C)CC2N1CCCC1CC(=O)O. The molecule has 3 rings (SSSR count). The van der Waals surface area contributed by atoms with Crippen LogP contribution in [0.4, 0.5) is 0 Å². The Balaban J connectivity index is 1.95. The first kappa shape index (κ1) is 14.4. The Hall–Kier alpha value is -1.55. The molecule has 0 aromatic heterocycles. The molecule has 21 heavy (non-hydrogen) atoms. The van der Waals surface area contributed by atoms with Crippen molar-refractivity contribution in [3.05, 3.63) is 28.8 Å². The summed E-state index contributed by atoms with van der Waals surface area (Å²) in [5.41, 5.74) is 3.53. The molecule has 3 unspecified atom stereocenters. The Bertz CT molecular complexity index is 569. The van der Waals surface area contributed by atoms with Crippen LogP contribution in [0.1, 0.15) is 61.3 Å². The largest absolute Gasteiger partial charge is 0.508 e. The molecule has 2 aliphatic rings. The molecule has 0 amide bonds. The number of phenols is 1. The maximum atomic E-state index is 11.1. The molecule has 0 saturated carbocycles. The minimum atomic E-state index is -0.730. The number of carbonyl (C=O) groups is 1. The second-order valence-corrected chi connectivity index (χ2v) is 6.51. The van der Waals surface area contributed by atoms with E-state index in [1.54, 1.807) is 6.07 Å². The second kappa shape index (κ2) is 5.34. The predicted molar refractivity (Wildman–Crippen MR) is 80.6 cm³/mol. The van der Waals surface area contributed by atoms with E-state index >= 15 is 0 Å². The van der Waals surface area contributed by atoms with Gasteiger partial charge in [-0.25, -0.2) is 0 Å². The van der Waals surface area contributed by atoms with Gasteiger partial charge in [0.25, 0.3) is 0 Å². The Morgan fingerprint density at radius 2 is 2.14 bits per heavy atom. The summed E-state index contributed by atoms with van der Waals surface area (Å²) < 4.78 is 0. The highest BCUT2D eigenvalue weighted by Crippen LogP contribution is 2.50. The molecule has 1 heterocycles. The molecule has 1 aliphatic heterocycles. The Kier molecular flexibility index (Phi) is 3.66. The van der Waals surface area contributed by atoms with E-state index in [9.17, 15) is 9.90 Å². The van der Waals surface area contributed by atoms with Crippen molar-refractivity contribution in [3.8, 4) is 5.75 Å². The summed E-state index contributed by atoms with van der Waals surface area (Å²) in [6.07, 6.45) is 3.17. The van der Waals surface area contributed by atoms with Gasteiger partial charge in [-0.3, -0.25) is 9.69 Å². The summed E-state index contributed by atoms with van der Waals surface area (Å²) in [7, 11) is 0. The van der Waals surface area contributed by atoms with Gasteiger partial charge in [-0.05, 0) is 55.8 Å². The molecule has 1 aromatic rings. The quantitative estimate of drug-likeness (QED) is 0.897. The third-order valence-electron chi connectivity index (χ3n) is 5.12. The van der Waals surface area contributed by atoms with Crippen LogP contribution in [0.5, 0.6) is 5.75 Å². The molecule has 114 valence electrons. The highest BCUT2D eigenvalue weighted by atomic mass is 16.4. The lowest BCUT2D eigenvalue weighted by Crippen LogP contribution is -2.34. The van der Waals surface area contributed by atoms with Crippen molar-refractivity contribution in [1.82, 2.24) is 4.90 Å². The van der Waals surface area contributed by atoms with Gasteiger partial charge in [-0.15, -0.1) is 0 Å². The van der Waals surface area contributed by atoms with Crippen molar-refractivity contribution in [1.29, 1.82) is 0 Å². The van der Waals surface area contributed by atoms with Crippen LogP contribution in [-0.4, -0.2) is 33.7 Å². The monoisotopic (exact) mass is 289 g/mol. The van der Waals surface area contributed by atoms with Gasteiger partial charge in [0.15, 0.2) is 0 Å². The maximum Gasteiger partial charge on any atom is 0.304 e. The van der Waals surface area contributed by atoms with Crippen molar-refractivity contribution < 1.29 is 15.0 Å². The van der Waals surface area contributed by atoms with Crippen molar-refractivity contribution in [2.45, 2.75) is 57.5 Å². The predicted octanol–water partition coefficient (Wildman–Crippen LogP) is 3.19. The molecule has 1 aliphatic carbocycles. The lowest BCUT2D eigenvalue weighted by molar-refractivity contribution is -0.138. The fraction of sp³-hybridized carbons (Fsp3) is 0.588. The molecule has 2 N–H and O–H groups in total. The van der Waals surface area contributed by atoms with Gasteiger partial charge in [0.1, 0.15) is 5.75 Å². The van der Waals surface area contributed by atoms with Gasteiger partial charge in [0, 0.05) is 17.6 Å². The fourth-order valence-corrected chi connectivity index (χ4v) is 4.30. The van der Waals surface area contributed by atoms with E-state index < -0.39 is 5.97 Å². The normalized spacial score (nSPS) is 28.8. The van der Waals surface area contributed by atoms with Crippen LogP contribution in [0.3, 0.4) is 0 Å². The van der Waals surface area contributed by atoms with E-state index in [1.165, 1.54) is 11.1 Å². The molecule has 0 bridgehead atoms. The minimum Gasteiger partial charge on any atom is -0.508 e. The number of hydrogen-bond donors (Lipinski definition) is 2. The number of carboxylic acid groups (broad SMARTS) is 1. The number of carboxylic acids is 1. The lowest BCUT2D eigenvalue weighted by Gasteiger charge is -2.31. The molecular weight excluding hydrogens is 266 g/mol. The number of likely N-dealkylation sites (tertiary alicyclic amines) is 1. The fourth-order valence-electron chi connectivity index (χ4n) is 4.30. The van der Waals surface area contributed by atoms with E-state index in [-0.39, 0.29) is 18.5 Å². The Morgan fingerprint density at radius 1 is 1.38 bits per heavy atom. The number of hydrogen-bond acceptors (Lipinski definition) is 3. The molecule has 4 nitrogen and oxygen atoms in total. The Labute approximate surface area is 125 Å². The molecule has 1 saturated heterocycles. The van der Waals surface area contributed by atoms with Gasteiger partial charge in [0.05, 0.1) is 6.42 Å². The first-order chi connectivity index (χ1) is 9.99. The van der Waals surface area contributed by atoms with Crippen LogP contribution in [0.25, 0.3) is 0 Å². The zero-order chi connectivity index (χ0) is 15.1. The average Bonchev–Trinajstić information content (AvgIpc) is 2.98. The topological polar surface area (TPSA) is 60.8 Å². The number of aliphatic carboxylic acids is 1. The summed E-state index contributed by atoms with van der Waals surface area (Å²) in [5.74, 6) is 0.0562. The van der Waals surface area contributed by atoms with Gasteiger partial charge in [-0.1, -0.05) is 13.0 Å². The van der Waals surface area contributed by atoms with Crippen molar-refractivity contribution in [2.24, 2.45) is 0 Å². The maximum absolute atomic E-state index is 11.1. The first-order valence-corrected chi connectivity index (χ1v) is 7.79. The smallest absolute Gasteiger partial charge is 0.304 e. The molecule has 0 radical (unpaired) electrons. The molecular formula is C17H23NO3. The number of nitrogens with zero attached hydrogens (tertiary/aromatic N) is 1. The van der Waals surface area contributed by atoms with Crippen molar-refractivity contribution >= 4 is 5.97 Å². The van der Waals surface area contributed by atoms with E-state index in [1.807, 2.05) is 6.07 Å². The van der Waals surface area contributed by atoms with Gasteiger partial charge in [-0.2, -0.15) is 0 Å². The van der Waals surface area contributed by atoms with Crippen LogP contribution >= 0.6 is 0 Å². The third-order valence-corrected chi connectivity index (χ3v) is 5.12. The van der Waals surface area contributed by atoms with Crippen LogP contribution in [-0.2, 0) is 4.79 Å². The summed E-state index contributed by atoms with van der Waals surface area (Å²) in [5, 5.41) is 19.4. The average molecular weight is 289 g/mol. The van der Waals surface area contributed by atoms with Crippen LogP contribution in [0.15, 0.2) is 12.1 Å². The van der Waals surface area contributed by atoms with Crippen LogP contribution in [0.2, 0.25) is 0 Å². The highest BCUT2D eigenvalue weighted by Gasteiger charge is 2.40. The van der Waals surface area contributed by atoms with E-state index in [2.05, 4.69) is 18.7 Å². The summed E-state index contributed by atoms with van der Waals surface area (Å²) in [6, 6.07) is 4.03. The minimum absolute atomic E-state index is 0.102. The zero-order valence-corrected chi connectivity index (χ0v) is 12.7. The van der Waals surface area contributed by atoms with Crippen molar-refractivity contribution in [3.63, 3.8) is 0 Å². The van der Waals surface area contributed by atoms with Crippen LogP contribution in [0, 0.1) is 6.92 Å². The van der Waals surface area contributed by atoms with E-state index in [0.29, 0.717) is 11.7 Å².